The van der Waals surface area contributed by atoms with E-state index in [1.807, 2.05) is 6.92 Å². The zero-order valence-electron chi connectivity index (χ0n) is 14.9. The van der Waals surface area contributed by atoms with E-state index in [4.69, 9.17) is 23.1 Å². The second-order valence-electron chi connectivity index (χ2n) is 5.83. The third kappa shape index (κ3) is 4.03. The first-order valence-electron chi connectivity index (χ1n) is 8.32. The SMILES string of the molecule is CCc1nc(N)nc(-c2ccc(C(=O)O)c(Cl)c2)c1C#Cc1ccc(N)nc1. The maximum absolute atomic E-state index is 11.2. The number of halogens is 1. The molecule has 0 radical (unpaired) electrons. The number of rotatable bonds is 3. The molecule has 5 N–H and O–H groups in total. The Morgan fingerprint density at radius 2 is 1.96 bits per heavy atom. The minimum atomic E-state index is -1.11. The highest BCUT2D eigenvalue weighted by Crippen LogP contribution is 2.28. The monoisotopic (exact) mass is 393 g/mol. The predicted molar refractivity (Wildman–Crippen MR) is 108 cm³/mol. The van der Waals surface area contributed by atoms with Crippen LogP contribution in [-0.4, -0.2) is 26.0 Å². The fourth-order valence-corrected chi connectivity index (χ4v) is 2.83. The molecule has 3 rings (SSSR count). The van der Waals surface area contributed by atoms with Crippen LogP contribution in [-0.2, 0) is 6.42 Å². The molecule has 0 unspecified atom stereocenters. The van der Waals surface area contributed by atoms with Gasteiger partial charge in [0.15, 0.2) is 0 Å². The second-order valence-corrected chi connectivity index (χ2v) is 6.23. The van der Waals surface area contributed by atoms with Gasteiger partial charge in [-0.1, -0.05) is 36.4 Å². The number of nitrogens with two attached hydrogens (primary N) is 2. The summed E-state index contributed by atoms with van der Waals surface area (Å²) in [5.74, 6) is 5.50. The quantitative estimate of drug-likeness (QED) is 0.583. The predicted octanol–water partition coefficient (Wildman–Crippen LogP) is 3.02. The van der Waals surface area contributed by atoms with Gasteiger partial charge in [0.2, 0.25) is 5.95 Å². The number of aromatic carboxylic acids is 1. The number of carboxylic acids is 1. The van der Waals surface area contributed by atoms with Crippen molar-refractivity contribution >= 4 is 29.3 Å². The van der Waals surface area contributed by atoms with E-state index in [1.54, 1.807) is 24.4 Å². The van der Waals surface area contributed by atoms with Gasteiger partial charge >= 0.3 is 5.97 Å². The number of anilines is 2. The number of nitrogens with zero attached hydrogens (tertiary/aromatic N) is 3. The van der Waals surface area contributed by atoms with Crippen molar-refractivity contribution in [3.8, 4) is 23.1 Å². The van der Waals surface area contributed by atoms with Gasteiger partial charge in [0.1, 0.15) is 5.82 Å². The highest BCUT2D eigenvalue weighted by molar-refractivity contribution is 6.33. The normalized spacial score (nSPS) is 10.2. The first kappa shape index (κ1) is 19.1. The lowest BCUT2D eigenvalue weighted by atomic mass is 10.0. The number of pyridine rings is 1. The van der Waals surface area contributed by atoms with Crippen LogP contribution in [0.1, 0.15) is 34.1 Å². The van der Waals surface area contributed by atoms with Gasteiger partial charge in [-0.25, -0.2) is 19.7 Å². The van der Waals surface area contributed by atoms with E-state index < -0.39 is 5.97 Å². The number of carboxylic acid groups (broad SMARTS) is 1. The third-order valence-electron chi connectivity index (χ3n) is 3.93. The van der Waals surface area contributed by atoms with Crippen molar-refractivity contribution in [3.63, 3.8) is 0 Å². The fourth-order valence-electron chi connectivity index (χ4n) is 2.57. The average molecular weight is 394 g/mol. The topological polar surface area (TPSA) is 128 Å². The first-order chi connectivity index (χ1) is 13.4. The molecular formula is C20H16ClN5O2. The second kappa shape index (κ2) is 7.94. The van der Waals surface area contributed by atoms with Crippen LogP contribution < -0.4 is 11.5 Å². The number of nitrogen functional groups attached to an aromatic ring is 2. The van der Waals surface area contributed by atoms with Crippen molar-refractivity contribution in [1.29, 1.82) is 0 Å². The van der Waals surface area contributed by atoms with Crippen LogP contribution >= 0.6 is 11.6 Å². The molecule has 2 aromatic heterocycles. The summed E-state index contributed by atoms with van der Waals surface area (Å²) in [5.41, 5.74) is 14.5. The Morgan fingerprint density at radius 3 is 2.57 bits per heavy atom. The molecule has 0 bridgehead atoms. The van der Waals surface area contributed by atoms with Crippen molar-refractivity contribution in [3.05, 3.63) is 63.9 Å². The molecule has 28 heavy (non-hydrogen) atoms. The Bertz CT molecular complexity index is 1120. The molecule has 2 heterocycles. The molecule has 1 aromatic carbocycles. The van der Waals surface area contributed by atoms with Crippen LogP contribution in [0.4, 0.5) is 11.8 Å². The summed E-state index contributed by atoms with van der Waals surface area (Å²) in [6.45, 7) is 1.93. The van der Waals surface area contributed by atoms with Crippen molar-refractivity contribution < 1.29 is 9.90 Å². The number of carbonyl (C=O) groups is 1. The largest absolute Gasteiger partial charge is 0.478 e. The van der Waals surface area contributed by atoms with Gasteiger partial charge in [-0.05, 0) is 30.7 Å². The van der Waals surface area contributed by atoms with Crippen LogP contribution in [0.15, 0.2) is 36.5 Å². The summed E-state index contributed by atoms with van der Waals surface area (Å²) >= 11 is 6.12. The number of aryl methyl sites for hydroxylation is 1. The summed E-state index contributed by atoms with van der Waals surface area (Å²) in [4.78, 5) is 23.8. The summed E-state index contributed by atoms with van der Waals surface area (Å²) < 4.78 is 0. The molecule has 140 valence electrons. The van der Waals surface area contributed by atoms with Crippen molar-refractivity contribution in [2.75, 3.05) is 11.5 Å². The van der Waals surface area contributed by atoms with E-state index in [0.29, 0.717) is 40.3 Å². The van der Waals surface area contributed by atoms with Crippen LogP contribution in [0.2, 0.25) is 5.02 Å². The maximum Gasteiger partial charge on any atom is 0.337 e. The van der Waals surface area contributed by atoms with Crippen LogP contribution in [0, 0.1) is 11.8 Å². The lowest BCUT2D eigenvalue weighted by Gasteiger charge is -2.10. The van der Waals surface area contributed by atoms with Crippen molar-refractivity contribution in [2.45, 2.75) is 13.3 Å². The van der Waals surface area contributed by atoms with Gasteiger partial charge in [0.05, 0.1) is 27.5 Å². The smallest absolute Gasteiger partial charge is 0.337 e. The van der Waals surface area contributed by atoms with E-state index in [9.17, 15) is 9.90 Å². The Labute approximate surface area is 166 Å². The molecule has 3 aromatic rings. The molecule has 0 fully saturated rings. The Morgan fingerprint density at radius 1 is 1.18 bits per heavy atom. The molecule has 8 heteroatoms. The van der Waals surface area contributed by atoms with Crippen LogP contribution in [0.3, 0.4) is 0 Å². The zero-order valence-corrected chi connectivity index (χ0v) is 15.7. The molecule has 0 aliphatic heterocycles. The van der Waals surface area contributed by atoms with E-state index in [1.165, 1.54) is 12.1 Å². The van der Waals surface area contributed by atoms with Gasteiger partial charge in [0.25, 0.3) is 0 Å². The lowest BCUT2D eigenvalue weighted by Crippen LogP contribution is -2.05. The number of hydrogen-bond acceptors (Lipinski definition) is 6. The van der Waals surface area contributed by atoms with Gasteiger partial charge < -0.3 is 16.6 Å². The summed E-state index contributed by atoms with van der Waals surface area (Å²) in [7, 11) is 0. The van der Waals surface area contributed by atoms with E-state index >= 15 is 0 Å². The number of aromatic nitrogens is 3. The molecule has 0 saturated heterocycles. The summed E-state index contributed by atoms with van der Waals surface area (Å²) in [6, 6.07) is 7.99. The molecule has 0 aliphatic carbocycles. The van der Waals surface area contributed by atoms with E-state index in [-0.39, 0.29) is 16.5 Å². The molecule has 0 aliphatic rings. The molecule has 7 nitrogen and oxygen atoms in total. The van der Waals surface area contributed by atoms with E-state index in [0.717, 1.165) is 0 Å². The van der Waals surface area contributed by atoms with Crippen LogP contribution in [0.5, 0.6) is 0 Å². The van der Waals surface area contributed by atoms with Gasteiger partial charge in [-0.3, -0.25) is 0 Å². The summed E-state index contributed by atoms with van der Waals surface area (Å²) in [6.07, 6.45) is 2.16. The van der Waals surface area contributed by atoms with Gasteiger partial charge in [0, 0.05) is 17.3 Å². The molecular weight excluding hydrogens is 378 g/mol. The highest BCUT2D eigenvalue weighted by atomic mass is 35.5. The fraction of sp³-hybridized carbons (Fsp3) is 0.100. The van der Waals surface area contributed by atoms with Crippen LogP contribution in [0.25, 0.3) is 11.3 Å². The highest BCUT2D eigenvalue weighted by Gasteiger charge is 2.16. The summed E-state index contributed by atoms with van der Waals surface area (Å²) in [5, 5.41) is 9.27. The third-order valence-corrected chi connectivity index (χ3v) is 4.24. The van der Waals surface area contributed by atoms with E-state index in [2.05, 4.69) is 26.8 Å². The average Bonchev–Trinajstić information content (AvgIpc) is 2.67. The standard InChI is InChI=1S/C20H16ClN5O2/c1-2-16-14(6-3-11-4-8-17(22)24-10-11)18(26-20(23)25-16)12-5-7-13(19(27)28)15(21)9-12/h4-5,7-10H,2H2,1H3,(H2,22,24)(H,27,28)(H2,23,25,26). The lowest BCUT2D eigenvalue weighted by molar-refractivity contribution is 0.0697. The van der Waals surface area contributed by atoms with Gasteiger partial charge in [-0.2, -0.15) is 0 Å². The molecule has 0 saturated carbocycles. The Kier molecular flexibility index (Phi) is 5.43. The molecule has 0 spiro atoms. The van der Waals surface area contributed by atoms with Crippen molar-refractivity contribution in [1.82, 2.24) is 15.0 Å². The number of hydrogen-bond donors (Lipinski definition) is 3. The minimum Gasteiger partial charge on any atom is -0.478 e. The zero-order chi connectivity index (χ0) is 20.3. The molecule has 0 amide bonds. The first-order valence-corrected chi connectivity index (χ1v) is 8.70. The minimum absolute atomic E-state index is 0.00347. The van der Waals surface area contributed by atoms with Gasteiger partial charge in [-0.15, -0.1) is 0 Å². The van der Waals surface area contributed by atoms with Crippen molar-refractivity contribution in [2.24, 2.45) is 0 Å². The maximum atomic E-state index is 11.2. The Hall–Kier alpha value is -3.63. The number of benzene rings is 1. The Balaban J connectivity index is 2.16. The molecule has 0 atom stereocenters.